The van der Waals surface area contributed by atoms with Crippen LogP contribution >= 0.6 is 11.6 Å². The summed E-state index contributed by atoms with van der Waals surface area (Å²) >= 11 is 5.78. The maximum Gasteiger partial charge on any atom is 0.180 e. The second-order valence-corrected chi connectivity index (χ2v) is 7.41. The van der Waals surface area contributed by atoms with Crippen molar-refractivity contribution in [2.45, 2.75) is 37.0 Å². The van der Waals surface area contributed by atoms with E-state index < -0.39 is 9.84 Å². The second kappa shape index (κ2) is 5.49. The Kier molecular flexibility index (Phi) is 4.17. The number of hydrogen-bond acceptors (Lipinski definition) is 3. The summed E-state index contributed by atoms with van der Waals surface area (Å²) in [6, 6.07) is 4.58. The van der Waals surface area contributed by atoms with E-state index in [-0.39, 0.29) is 22.3 Å². The fraction of sp³-hybridized carbons (Fsp3) is 0.538. The SMILES string of the molecule is Nc1cc(Cl)ccc1S(=O)(=O)CC1CCCCC1. The average Bonchev–Trinajstić information content (AvgIpc) is 2.29. The van der Waals surface area contributed by atoms with Gasteiger partial charge in [-0.05, 0) is 37.0 Å². The lowest BCUT2D eigenvalue weighted by molar-refractivity contribution is 0.385. The topological polar surface area (TPSA) is 60.2 Å². The molecular formula is C13H18ClNO2S. The van der Waals surface area contributed by atoms with Crippen molar-refractivity contribution < 1.29 is 8.42 Å². The zero-order valence-electron chi connectivity index (χ0n) is 10.2. The normalized spacial score (nSPS) is 17.8. The van der Waals surface area contributed by atoms with Crippen LogP contribution < -0.4 is 5.73 Å². The molecule has 0 amide bonds. The van der Waals surface area contributed by atoms with Gasteiger partial charge < -0.3 is 5.73 Å². The Morgan fingerprint density at radius 1 is 1.22 bits per heavy atom. The van der Waals surface area contributed by atoms with Gasteiger partial charge in [0.05, 0.1) is 16.3 Å². The van der Waals surface area contributed by atoms with E-state index in [9.17, 15) is 8.42 Å². The summed E-state index contributed by atoms with van der Waals surface area (Å²) < 4.78 is 24.6. The van der Waals surface area contributed by atoms with Gasteiger partial charge in [0.15, 0.2) is 9.84 Å². The first kappa shape index (κ1) is 13.7. The Balaban J connectivity index is 2.19. The minimum Gasteiger partial charge on any atom is -0.398 e. The van der Waals surface area contributed by atoms with Crippen molar-refractivity contribution in [2.24, 2.45) is 5.92 Å². The van der Waals surface area contributed by atoms with Crippen LogP contribution in [0.2, 0.25) is 5.02 Å². The zero-order chi connectivity index (χ0) is 13.2. The van der Waals surface area contributed by atoms with E-state index in [1.165, 1.54) is 18.6 Å². The van der Waals surface area contributed by atoms with Crippen LogP contribution in [-0.2, 0) is 9.84 Å². The summed E-state index contributed by atoms with van der Waals surface area (Å²) in [5.74, 6) is 0.484. The molecule has 0 radical (unpaired) electrons. The van der Waals surface area contributed by atoms with E-state index >= 15 is 0 Å². The molecule has 0 aliphatic heterocycles. The van der Waals surface area contributed by atoms with Crippen LogP contribution in [0.4, 0.5) is 5.69 Å². The first-order chi connectivity index (χ1) is 8.49. The van der Waals surface area contributed by atoms with Gasteiger partial charge in [-0.3, -0.25) is 0 Å². The quantitative estimate of drug-likeness (QED) is 0.868. The number of sulfone groups is 1. The summed E-state index contributed by atoms with van der Waals surface area (Å²) in [5.41, 5.74) is 6.00. The van der Waals surface area contributed by atoms with Gasteiger partial charge in [0, 0.05) is 5.02 Å². The molecule has 2 N–H and O–H groups in total. The summed E-state index contributed by atoms with van der Waals surface area (Å²) in [7, 11) is -3.29. The molecule has 0 spiro atoms. The van der Waals surface area contributed by atoms with E-state index in [2.05, 4.69) is 0 Å². The maximum atomic E-state index is 12.3. The van der Waals surface area contributed by atoms with Gasteiger partial charge in [0.2, 0.25) is 0 Å². The Bertz CT molecular complexity index is 522. The molecule has 1 aliphatic carbocycles. The molecule has 0 aromatic heterocycles. The number of hydrogen-bond donors (Lipinski definition) is 1. The molecule has 0 atom stereocenters. The van der Waals surface area contributed by atoms with Crippen LogP contribution in [0, 0.1) is 5.92 Å². The van der Waals surface area contributed by atoms with Crippen LogP contribution in [0.1, 0.15) is 32.1 Å². The minimum atomic E-state index is -3.29. The monoisotopic (exact) mass is 287 g/mol. The summed E-state index contributed by atoms with van der Waals surface area (Å²) in [6.07, 6.45) is 5.51. The third-order valence-corrected chi connectivity index (χ3v) is 5.67. The lowest BCUT2D eigenvalue weighted by Crippen LogP contribution is -2.19. The first-order valence-electron chi connectivity index (χ1n) is 6.27. The highest BCUT2D eigenvalue weighted by atomic mass is 35.5. The summed E-state index contributed by atoms with van der Waals surface area (Å²) in [5, 5.41) is 0.462. The maximum absolute atomic E-state index is 12.3. The minimum absolute atomic E-state index is 0.207. The van der Waals surface area contributed by atoms with Crippen molar-refractivity contribution >= 4 is 27.1 Å². The van der Waals surface area contributed by atoms with Crippen LogP contribution in [0.3, 0.4) is 0 Å². The van der Waals surface area contributed by atoms with Crippen LogP contribution in [0.15, 0.2) is 23.1 Å². The molecule has 0 saturated heterocycles. The van der Waals surface area contributed by atoms with Crippen LogP contribution in [-0.4, -0.2) is 14.2 Å². The van der Waals surface area contributed by atoms with Crippen molar-refractivity contribution in [3.63, 3.8) is 0 Å². The van der Waals surface area contributed by atoms with Gasteiger partial charge in [-0.2, -0.15) is 0 Å². The fourth-order valence-electron chi connectivity index (χ4n) is 2.56. The average molecular weight is 288 g/mol. The highest BCUT2D eigenvalue weighted by Gasteiger charge is 2.24. The molecule has 0 heterocycles. The number of rotatable bonds is 3. The van der Waals surface area contributed by atoms with E-state index in [1.807, 2.05) is 0 Å². The van der Waals surface area contributed by atoms with E-state index in [1.54, 1.807) is 6.07 Å². The van der Waals surface area contributed by atoms with Crippen LogP contribution in [0.25, 0.3) is 0 Å². The highest BCUT2D eigenvalue weighted by Crippen LogP contribution is 2.29. The molecule has 1 aromatic rings. The van der Waals surface area contributed by atoms with Gasteiger partial charge in [0.1, 0.15) is 0 Å². The fourth-order valence-corrected chi connectivity index (χ4v) is 4.56. The Morgan fingerprint density at radius 2 is 1.89 bits per heavy atom. The lowest BCUT2D eigenvalue weighted by atomic mass is 9.91. The molecule has 1 fully saturated rings. The molecule has 18 heavy (non-hydrogen) atoms. The van der Waals surface area contributed by atoms with Crippen molar-refractivity contribution in [3.05, 3.63) is 23.2 Å². The van der Waals surface area contributed by atoms with E-state index in [4.69, 9.17) is 17.3 Å². The molecule has 1 aromatic carbocycles. The van der Waals surface area contributed by atoms with Gasteiger partial charge >= 0.3 is 0 Å². The van der Waals surface area contributed by atoms with E-state index in [0.717, 1.165) is 25.7 Å². The molecule has 2 rings (SSSR count). The molecule has 1 saturated carbocycles. The molecule has 0 unspecified atom stereocenters. The predicted octanol–water partition coefficient (Wildman–Crippen LogP) is 3.28. The number of anilines is 1. The van der Waals surface area contributed by atoms with Crippen molar-refractivity contribution in [3.8, 4) is 0 Å². The molecule has 5 heteroatoms. The molecule has 100 valence electrons. The van der Waals surface area contributed by atoms with Crippen molar-refractivity contribution in [1.29, 1.82) is 0 Å². The molecular weight excluding hydrogens is 270 g/mol. The summed E-state index contributed by atoms with van der Waals surface area (Å²) in [4.78, 5) is 0.220. The first-order valence-corrected chi connectivity index (χ1v) is 8.30. The van der Waals surface area contributed by atoms with E-state index in [0.29, 0.717) is 5.02 Å². The third-order valence-electron chi connectivity index (χ3n) is 3.49. The highest BCUT2D eigenvalue weighted by molar-refractivity contribution is 7.91. The second-order valence-electron chi connectivity index (χ2n) is 4.97. The third kappa shape index (κ3) is 3.18. The van der Waals surface area contributed by atoms with Crippen molar-refractivity contribution in [2.75, 3.05) is 11.5 Å². The Hall–Kier alpha value is -0.740. The number of halogens is 1. The molecule has 3 nitrogen and oxygen atoms in total. The largest absolute Gasteiger partial charge is 0.398 e. The molecule has 1 aliphatic rings. The molecule has 0 bridgehead atoms. The Labute approximate surface area is 113 Å². The Morgan fingerprint density at radius 3 is 2.50 bits per heavy atom. The number of benzene rings is 1. The number of nitrogen functional groups attached to an aromatic ring is 1. The number of nitrogens with two attached hydrogens (primary N) is 1. The van der Waals surface area contributed by atoms with Gasteiger partial charge in [-0.15, -0.1) is 0 Å². The standard InChI is InChI=1S/C13H18ClNO2S/c14-11-6-7-13(12(15)8-11)18(16,17)9-10-4-2-1-3-5-10/h6-8,10H,1-5,9,15H2. The smallest absolute Gasteiger partial charge is 0.180 e. The van der Waals surface area contributed by atoms with Crippen LogP contribution in [0.5, 0.6) is 0 Å². The lowest BCUT2D eigenvalue weighted by Gasteiger charge is -2.21. The summed E-state index contributed by atoms with van der Waals surface area (Å²) in [6.45, 7) is 0. The zero-order valence-corrected chi connectivity index (χ0v) is 11.8. The van der Waals surface area contributed by atoms with Gasteiger partial charge in [-0.1, -0.05) is 30.9 Å². The van der Waals surface area contributed by atoms with Gasteiger partial charge in [-0.25, -0.2) is 8.42 Å². The predicted molar refractivity (Wildman–Crippen MR) is 74.5 cm³/mol. The van der Waals surface area contributed by atoms with Crippen molar-refractivity contribution in [1.82, 2.24) is 0 Å². The van der Waals surface area contributed by atoms with Gasteiger partial charge in [0.25, 0.3) is 0 Å².